The molecule has 118 valence electrons. The van der Waals surface area contributed by atoms with Crippen LogP contribution in [0.5, 0.6) is 0 Å². The van der Waals surface area contributed by atoms with Gasteiger partial charge in [0, 0.05) is 36.3 Å². The summed E-state index contributed by atoms with van der Waals surface area (Å²) in [6.45, 7) is 4.03. The molecule has 0 radical (unpaired) electrons. The predicted octanol–water partition coefficient (Wildman–Crippen LogP) is 1.73. The third kappa shape index (κ3) is 3.28. The molecular weight excluding hydrogens is 294 g/mol. The lowest BCUT2D eigenvalue weighted by Gasteiger charge is -2.10. The molecule has 0 spiro atoms. The third-order valence-corrected chi connectivity index (χ3v) is 3.61. The van der Waals surface area contributed by atoms with Crippen molar-refractivity contribution in [3.05, 3.63) is 59.6 Å². The van der Waals surface area contributed by atoms with Gasteiger partial charge in [-0.1, -0.05) is 11.2 Å². The van der Waals surface area contributed by atoms with E-state index in [1.807, 2.05) is 29.8 Å². The maximum atomic E-state index is 12.2. The number of nitrogens with zero attached hydrogens (tertiary/aromatic N) is 4. The molecule has 3 rings (SSSR count). The molecule has 7 nitrogen and oxygen atoms in total. The zero-order chi connectivity index (χ0) is 16.2. The third-order valence-electron chi connectivity index (χ3n) is 3.61. The SMILES string of the molecule is Cc1noc(C)c1CC(=O)NCc1cccnc1-n1ccnc1. The van der Waals surface area contributed by atoms with Crippen LogP contribution in [0.1, 0.15) is 22.6 Å². The maximum Gasteiger partial charge on any atom is 0.224 e. The minimum Gasteiger partial charge on any atom is -0.361 e. The van der Waals surface area contributed by atoms with Crippen molar-refractivity contribution in [1.82, 2.24) is 25.0 Å². The van der Waals surface area contributed by atoms with E-state index >= 15 is 0 Å². The number of nitrogens with one attached hydrogen (secondary N) is 1. The van der Waals surface area contributed by atoms with Crippen molar-refractivity contribution in [3.8, 4) is 5.82 Å². The highest BCUT2D eigenvalue weighted by Crippen LogP contribution is 2.13. The smallest absolute Gasteiger partial charge is 0.224 e. The number of hydrogen-bond acceptors (Lipinski definition) is 5. The summed E-state index contributed by atoms with van der Waals surface area (Å²) in [5.74, 6) is 1.35. The number of carbonyl (C=O) groups is 1. The first-order valence-electron chi connectivity index (χ1n) is 7.26. The maximum absolute atomic E-state index is 12.2. The van der Waals surface area contributed by atoms with Gasteiger partial charge in [-0.25, -0.2) is 9.97 Å². The Morgan fingerprint density at radius 1 is 1.35 bits per heavy atom. The molecule has 23 heavy (non-hydrogen) atoms. The molecule has 1 N–H and O–H groups in total. The summed E-state index contributed by atoms with van der Waals surface area (Å²) in [4.78, 5) is 20.5. The Morgan fingerprint density at radius 2 is 2.22 bits per heavy atom. The van der Waals surface area contributed by atoms with E-state index in [1.165, 1.54) is 0 Å². The molecular formula is C16H17N5O2. The number of carbonyl (C=O) groups excluding carboxylic acids is 1. The second kappa shape index (κ2) is 6.43. The van der Waals surface area contributed by atoms with Gasteiger partial charge in [-0.3, -0.25) is 9.36 Å². The first kappa shape index (κ1) is 15.0. The molecule has 7 heteroatoms. The first-order chi connectivity index (χ1) is 11.1. The lowest BCUT2D eigenvalue weighted by atomic mass is 10.1. The van der Waals surface area contributed by atoms with Crippen LogP contribution < -0.4 is 5.32 Å². The van der Waals surface area contributed by atoms with Crippen molar-refractivity contribution in [3.63, 3.8) is 0 Å². The molecule has 1 amide bonds. The molecule has 0 saturated heterocycles. The van der Waals surface area contributed by atoms with Gasteiger partial charge in [0.1, 0.15) is 17.9 Å². The molecule has 0 saturated carbocycles. The fourth-order valence-electron chi connectivity index (χ4n) is 2.36. The van der Waals surface area contributed by atoms with Crippen LogP contribution in [0.3, 0.4) is 0 Å². The Kier molecular flexibility index (Phi) is 4.18. The highest BCUT2D eigenvalue weighted by Gasteiger charge is 2.14. The van der Waals surface area contributed by atoms with Gasteiger partial charge >= 0.3 is 0 Å². The number of aryl methyl sites for hydroxylation is 2. The van der Waals surface area contributed by atoms with Crippen molar-refractivity contribution in [2.45, 2.75) is 26.8 Å². The summed E-state index contributed by atoms with van der Waals surface area (Å²) < 4.78 is 6.89. The van der Waals surface area contributed by atoms with Crippen LogP contribution in [0.25, 0.3) is 5.82 Å². The molecule has 0 aliphatic rings. The molecule has 0 aliphatic carbocycles. The normalized spacial score (nSPS) is 10.7. The van der Waals surface area contributed by atoms with Gasteiger partial charge in [0.15, 0.2) is 0 Å². The quantitative estimate of drug-likeness (QED) is 0.775. The van der Waals surface area contributed by atoms with Gasteiger partial charge in [0.25, 0.3) is 0 Å². The van der Waals surface area contributed by atoms with Crippen LogP contribution in [0.2, 0.25) is 0 Å². The lowest BCUT2D eigenvalue weighted by Crippen LogP contribution is -2.25. The molecule has 0 atom stereocenters. The van der Waals surface area contributed by atoms with Crippen LogP contribution in [0.15, 0.2) is 41.6 Å². The lowest BCUT2D eigenvalue weighted by molar-refractivity contribution is -0.120. The van der Waals surface area contributed by atoms with Gasteiger partial charge in [0.2, 0.25) is 5.91 Å². The number of imidazole rings is 1. The molecule has 3 aromatic heterocycles. The van der Waals surface area contributed by atoms with Crippen molar-refractivity contribution < 1.29 is 9.32 Å². The molecule has 3 heterocycles. The highest BCUT2D eigenvalue weighted by atomic mass is 16.5. The van der Waals surface area contributed by atoms with Gasteiger partial charge in [-0.15, -0.1) is 0 Å². The van der Waals surface area contributed by atoms with Crippen molar-refractivity contribution >= 4 is 5.91 Å². The average Bonchev–Trinajstić information content (AvgIpc) is 3.19. The standard InChI is InChI=1S/C16H17N5O2/c1-11-14(12(2)23-20-11)8-15(22)19-9-13-4-3-5-18-16(13)21-7-6-17-10-21/h3-7,10H,8-9H2,1-2H3,(H,19,22). The van der Waals surface area contributed by atoms with E-state index in [1.54, 1.807) is 25.6 Å². The van der Waals surface area contributed by atoms with Gasteiger partial charge in [0.05, 0.1) is 12.1 Å². The summed E-state index contributed by atoms with van der Waals surface area (Å²) in [5.41, 5.74) is 2.50. The Hall–Kier alpha value is -2.96. The van der Waals surface area contributed by atoms with Crippen molar-refractivity contribution in [2.24, 2.45) is 0 Å². The van der Waals surface area contributed by atoms with Crippen LogP contribution >= 0.6 is 0 Å². The van der Waals surface area contributed by atoms with E-state index in [-0.39, 0.29) is 12.3 Å². The van der Waals surface area contributed by atoms with E-state index in [9.17, 15) is 4.79 Å². The molecule has 0 fully saturated rings. The number of pyridine rings is 1. The second-order valence-electron chi connectivity index (χ2n) is 5.21. The summed E-state index contributed by atoms with van der Waals surface area (Å²) in [6.07, 6.45) is 7.15. The van der Waals surface area contributed by atoms with Crippen LogP contribution in [-0.2, 0) is 17.8 Å². The topological polar surface area (TPSA) is 85.8 Å². The summed E-state index contributed by atoms with van der Waals surface area (Å²) >= 11 is 0. The monoisotopic (exact) mass is 311 g/mol. The summed E-state index contributed by atoms with van der Waals surface area (Å²) in [6, 6.07) is 3.77. The van der Waals surface area contributed by atoms with Crippen LogP contribution in [-0.4, -0.2) is 25.6 Å². The number of rotatable bonds is 5. The number of hydrogen-bond donors (Lipinski definition) is 1. The van der Waals surface area contributed by atoms with Gasteiger partial charge in [-0.05, 0) is 19.9 Å². The van der Waals surface area contributed by atoms with Crippen LogP contribution in [0.4, 0.5) is 0 Å². The average molecular weight is 311 g/mol. The van der Waals surface area contributed by atoms with E-state index in [0.29, 0.717) is 12.3 Å². The first-order valence-corrected chi connectivity index (χ1v) is 7.26. The Labute approximate surface area is 133 Å². The molecule has 0 unspecified atom stereocenters. The van der Waals surface area contributed by atoms with E-state index in [2.05, 4.69) is 20.4 Å². The largest absolute Gasteiger partial charge is 0.361 e. The Morgan fingerprint density at radius 3 is 2.91 bits per heavy atom. The van der Waals surface area contributed by atoms with Crippen molar-refractivity contribution in [2.75, 3.05) is 0 Å². The van der Waals surface area contributed by atoms with Gasteiger partial charge in [-0.2, -0.15) is 0 Å². The Bertz CT molecular complexity index is 788. The fourth-order valence-corrected chi connectivity index (χ4v) is 2.36. The zero-order valence-corrected chi connectivity index (χ0v) is 13.0. The zero-order valence-electron chi connectivity index (χ0n) is 13.0. The van der Waals surface area contributed by atoms with Crippen molar-refractivity contribution in [1.29, 1.82) is 0 Å². The molecule has 3 aromatic rings. The van der Waals surface area contributed by atoms with E-state index in [4.69, 9.17) is 4.52 Å². The van der Waals surface area contributed by atoms with E-state index < -0.39 is 0 Å². The minimum absolute atomic E-state index is 0.0835. The predicted molar refractivity (Wildman–Crippen MR) is 82.9 cm³/mol. The molecule has 0 aliphatic heterocycles. The fraction of sp³-hybridized carbons (Fsp3) is 0.250. The second-order valence-corrected chi connectivity index (χ2v) is 5.21. The van der Waals surface area contributed by atoms with Gasteiger partial charge < -0.3 is 9.84 Å². The molecule has 0 aromatic carbocycles. The minimum atomic E-state index is -0.0835. The van der Waals surface area contributed by atoms with E-state index in [0.717, 1.165) is 22.6 Å². The number of amides is 1. The Balaban J connectivity index is 1.68. The summed E-state index contributed by atoms with van der Waals surface area (Å²) in [7, 11) is 0. The molecule has 0 bridgehead atoms. The highest BCUT2D eigenvalue weighted by molar-refractivity contribution is 5.79. The summed E-state index contributed by atoms with van der Waals surface area (Å²) in [5, 5.41) is 6.77. The van der Waals surface area contributed by atoms with Crippen LogP contribution in [0, 0.1) is 13.8 Å². The number of aromatic nitrogens is 4.